The van der Waals surface area contributed by atoms with E-state index in [2.05, 4.69) is 27.7 Å². The van der Waals surface area contributed by atoms with Gasteiger partial charge in [0.15, 0.2) is 5.69 Å². The molecule has 0 radical (unpaired) electrons. The van der Waals surface area contributed by atoms with Gasteiger partial charge in [-0.15, -0.1) is 11.3 Å². The van der Waals surface area contributed by atoms with Gasteiger partial charge in [0.05, 0.1) is 3.57 Å². The molecule has 1 fully saturated rings. The minimum Gasteiger partial charge on any atom is -0.335 e. The summed E-state index contributed by atoms with van der Waals surface area (Å²) >= 11 is 3.29. The summed E-state index contributed by atoms with van der Waals surface area (Å²) in [5.74, 6) is -0.150. The summed E-state index contributed by atoms with van der Waals surface area (Å²) in [6.07, 6.45) is 1.78. The van der Waals surface area contributed by atoms with Crippen molar-refractivity contribution in [3.05, 3.63) is 33.0 Å². The van der Waals surface area contributed by atoms with Gasteiger partial charge in [0.1, 0.15) is 4.21 Å². The second-order valence-electron chi connectivity index (χ2n) is 5.13. The third-order valence-electron chi connectivity index (χ3n) is 3.60. The second kappa shape index (κ2) is 6.49. The van der Waals surface area contributed by atoms with Crippen molar-refractivity contribution in [1.29, 1.82) is 0 Å². The first kappa shape index (κ1) is 16.9. The first-order valence-electron chi connectivity index (χ1n) is 6.91. The van der Waals surface area contributed by atoms with Crippen LogP contribution in [0.1, 0.15) is 10.5 Å². The van der Waals surface area contributed by atoms with Crippen molar-refractivity contribution in [2.75, 3.05) is 26.2 Å². The highest BCUT2D eigenvalue weighted by molar-refractivity contribution is 14.1. The topological polar surface area (TPSA) is 75.5 Å². The second-order valence-corrected chi connectivity index (χ2v) is 9.40. The molecule has 23 heavy (non-hydrogen) atoms. The Morgan fingerprint density at radius 1 is 1.30 bits per heavy atom. The quantitative estimate of drug-likeness (QED) is 0.638. The summed E-state index contributed by atoms with van der Waals surface area (Å²) in [5, 5.41) is 5.93. The third kappa shape index (κ3) is 3.30. The predicted molar refractivity (Wildman–Crippen MR) is 94.9 cm³/mol. The van der Waals surface area contributed by atoms with Gasteiger partial charge in [0, 0.05) is 39.4 Å². The molecule has 10 heteroatoms. The standard InChI is InChI=1S/C13H15IN4O3S2/c1-16-9-10(14)12(15-16)13(19)17-4-6-18(7-5-17)23(20,21)11-3-2-8-22-11/h2-3,8-9H,4-7H2,1H3. The van der Waals surface area contributed by atoms with Crippen LogP contribution in [0.3, 0.4) is 0 Å². The number of nitrogens with zero attached hydrogens (tertiary/aromatic N) is 4. The van der Waals surface area contributed by atoms with E-state index in [0.717, 1.165) is 3.57 Å². The normalized spacial score (nSPS) is 16.7. The molecule has 0 saturated carbocycles. The maximum absolute atomic E-state index is 12.5. The number of carbonyl (C=O) groups is 1. The van der Waals surface area contributed by atoms with Crippen LogP contribution in [0.25, 0.3) is 0 Å². The molecule has 1 aliphatic rings. The van der Waals surface area contributed by atoms with Crippen LogP contribution in [-0.2, 0) is 17.1 Å². The maximum Gasteiger partial charge on any atom is 0.275 e. The molecule has 124 valence electrons. The van der Waals surface area contributed by atoms with Crippen LogP contribution in [0.4, 0.5) is 0 Å². The van der Waals surface area contributed by atoms with E-state index in [4.69, 9.17) is 0 Å². The molecule has 7 nitrogen and oxygen atoms in total. The first-order valence-corrected chi connectivity index (χ1v) is 10.3. The zero-order chi connectivity index (χ0) is 16.6. The summed E-state index contributed by atoms with van der Waals surface area (Å²) in [5.41, 5.74) is 0.419. The molecular weight excluding hydrogens is 451 g/mol. The van der Waals surface area contributed by atoms with Gasteiger partial charge in [-0.1, -0.05) is 6.07 Å². The van der Waals surface area contributed by atoms with Crippen LogP contribution in [0, 0.1) is 3.57 Å². The van der Waals surface area contributed by atoms with E-state index in [0.29, 0.717) is 36.1 Å². The van der Waals surface area contributed by atoms with Crippen LogP contribution in [0.2, 0.25) is 0 Å². The average Bonchev–Trinajstić information content (AvgIpc) is 3.17. The fraction of sp³-hybridized carbons (Fsp3) is 0.385. The van der Waals surface area contributed by atoms with E-state index in [1.807, 2.05) is 0 Å². The number of rotatable bonds is 3. The van der Waals surface area contributed by atoms with Crippen molar-refractivity contribution in [2.24, 2.45) is 7.05 Å². The molecule has 1 saturated heterocycles. The molecule has 0 spiro atoms. The van der Waals surface area contributed by atoms with Crippen LogP contribution in [-0.4, -0.2) is 59.5 Å². The molecule has 0 aromatic carbocycles. The highest BCUT2D eigenvalue weighted by Gasteiger charge is 2.32. The molecule has 3 rings (SSSR count). The number of hydrogen-bond donors (Lipinski definition) is 0. The van der Waals surface area contributed by atoms with E-state index < -0.39 is 10.0 Å². The van der Waals surface area contributed by atoms with Gasteiger partial charge >= 0.3 is 0 Å². The fourth-order valence-corrected chi connectivity index (χ4v) is 5.73. The zero-order valence-electron chi connectivity index (χ0n) is 12.3. The number of hydrogen-bond acceptors (Lipinski definition) is 5. The van der Waals surface area contributed by atoms with E-state index in [1.54, 1.807) is 40.3 Å². The van der Waals surface area contributed by atoms with Gasteiger partial charge < -0.3 is 4.90 Å². The third-order valence-corrected chi connectivity index (χ3v) is 7.66. The number of carbonyl (C=O) groups excluding carboxylic acids is 1. The minimum absolute atomic E-state index is 0.150. The van der Waals surface area contributed by atoms with E-state index in [-0.39, 0.29) is 5.91 Å². The summed E-state index contributed by atoms with van der Waals surface area (Å²) in [7, 11) is -1.68. The van der Waals surface area contributed by atoms with E-state index in [9.17, 15) is 13.2 Å². The molecule has 0 bridgehead atoms. The van der Waals surface area contributed by atoms with Crippen molar-refractivity contribution >= 4 is 49.9 Å². The number of halogens is 1. The fourth-order valence-electron chi connectivity index (χ4n) is 2.42. The van der Waals surface area contributed by atoms with Crippen molar-refractivity contribution in [1.82, 2.24) is 19.0 Å². The van der Waals surface area contributed by atoms with Gasteiger partial charge in [-0.2, -0.15) is 9.40 Å². The summed E-state index contributed by atoms with van der Waals surface area (Å²) in [6.45, 7) is 1.34. The summed E-state index contributed by atoms with van der Waals surface area (Å²) < 4.78 is 29.1. The van der Waals surface area contributed by atoms with Gasteiger partial charge in [-0.25, -0.2) is 8.42 Å². The lowest BCUT2D eigenvalue weighted by Gasteiger charge is -2.33. The molecule has 0 unspecified atom stereocenters. The SMILES string of the molecule is Cn1cc(I)c(C(=O)N2CCN(S(=O)(=O)c3cccs3)CC2)n1. The number of thiophene rings is 1. The molecule has 0 aliphatic carbocycles. The van der Waals surface area contributed by atoms with E-state index in [1.165, 1.54) is 15.6 Å². The lowest BCUT2D eigenvalue weighted by molar-refractivity contribution is 0.0690. The smallest absolute Gasteiger partial charge is 0.275 e. The monoisotopic (exact) mass is 466 g/mol. The first-order chi connectivity index (χ1) is 10.9. The van der Waals surface area contributed by atoms with Crippen LogP contribution in [0.5, 0.6) is 0 Å². The lowest BCUT2D eigenvalue weighted by atomic mass is 10.3. The molecule has 2 aromatic heterocycles. The van der Waals surface area contributed by atoms with Gasteiger partial charge in [-0.05, 0) is 34.0 Å². The number of piperazine rings is 1. The Bertz CT molecular complexity index is 808. The molecule has 0 atom stereocenters. The lowest BCUT2D eigenvalue weighted by Crippen LogP contribution is -2.50. The molecule has 1 amide bonds. The highest BCUT2D eigenvalue weighted by Crippen LogP contribution is 2.22. The predicted octanol–water partition coefficient (Wildman–Crippen LogP) is 1.23. The largest absolute Gasteiger partial charge is 0.335 e. The zero-order valence-corrected chi connectivity index (χ0v) is 16.1. The van der Waals surface area contributed by atoms with Crippen LogP contribution in [0.15, 0.2) is 27.9 Å². The Labute approximate surface area is 152 Å². The minimum atomic E-state index is -3.44. The Hall–Kier alpha value is -0.980. The Balaban J connectivity index is 1.69. The average molecular weight is 466 g/mol. The summed E-state index contributed by atoms with van der Waals surface area (Å²) in [4.78, 5) is 14.2. The maximum atomic E-state index is 12.5. The van der Waals surface area contributed by atoms with Crippen molar-refractivity contribution < 1.29 is 13.2 Å². The van der Waals surface area contributed by atoms with Crippen molar-refractivity contribution in [3.8, 4) is 0 Å². The van der Waals surface area contributed by atoms with Crippen molar-refractivity contribution in [3.63, 3.8) is 0 Å². The number of amides is 1. The Morgan fingerprint density at radius 3 is 2.52 bits per heavy atom. The van der Waals surface area contributed by atoms with Crippen LogP contribution >= 0.6 is 33.9 Å². The summed E-state index contributed by atoms with van der Waals surface area (Å²) in [6, 6.07) is 3.33. The molecule has 2 aromatic rings. The molecule has 1 aliphatic heterocycles. The Kier molecular flexibility index (Phi) is 4.76. The number of aryl methyl sites for hydroxylation is 1. The van der Waals surface area contributed by atoms with Gasteiger partial charge in [0.25, 0.3) is 15.9 Å². The van der Waals surface area contributed by atoms with Gasteiger partial charge in [-0.3, -0.25) is 9.48 Å². The molecule has 3 heterocycles. The highest BCUT2D eigenvalue weighted by atomic mass is 127. The molecular formula is C13H15IN4O3S2. The van der Waals surface area contributed by atoms with Gasteiger partial charge in [0.2, 0.25) is 0 Å². The Morgan fingerprint density at radius 2 is 2.00 bits per heavy atom. The van der Waals surface area contributed by atoms with Crippen LogP contribution < -0.4 is 0 Å². The van der Waals surface area contributed by atoms with E-state index >= 15 is 0 Å². The molecule has 0 N–H and O–H groups in total. The van der Waals surface area contributed by atoms with Crippen molar-refractivity contribution in [2.45, 2.75) is 4.21 Å². The number of aromatic nitrogens is 2. The number of sulfonamides is 1.